The van der Waals surface area contributed by atoms with E-state index in [1.165, 1.54) is 93.3 Å². The van der Waals surface area contributed by atoms with E-state index in [4.69, 9.17) is 0 Å². The van der Waals surface area contributed by atoms with Crippen LogP contribution in [0.5, 0.6) is 0 Å². The summed E-state index contributed by atoms with van der Waals surface area (Å²) in [5.74, 6) is 0. The van der Waals surface area contributed by atoms with Gasteiger partial charge in [0.1, 0.15) is 0 Å². The van der Waals surface area contributed by atoms with Crippen molar-refractivity contribution in [3.8, 4) is 0 Å². The summed E-state index contributed by atoms with van der Waals surface area (Å²) < 4.78 is 0. The molecule has 4 aromatic rings. The van der Waals surface area contributed by atoms with Crippen LogP contribution in [0.3, 0.4) is 0 Å². The van der Waals surface area contributed by atoms with E-state index in [1.54, 1.807) is 11.1 Å². The Labute approximate surface area is 307 Å². The van der Waals surface area contributed by atoms with Crippen LogP contribution in [0.15, 0.2) is 109 Å². The summed E-state index contributed by atoms with van der Waals surface area (Å²) in [6.45, 7) is 5.69. The van der Waals surface area contributed by atoms with E-state index >= 15 is 0 Å². The van der Waals surface area contributed by atoms with Gasteiger partial charge in [0.2, 0.25) is 0 Å². The second kappa shape index (κ2) is 18.2. The number of hydrogen-bond acceptors (Lipinski definition) is 5. The van der Waals surface area contributed by atoms with Crippen molar-refractivity contribution in [3.63, 3.8) is 0 Å². The molecule has 2 heterocycles. The Morgan fingerprint density at radius 3 is 1.55 bits per heavy atom. The number of para-hydroxylation sites is 2. The maximum atomic E-state index is 9.41. The van der Waals surface area contributed by atoms with Crippen LogP contribution >= 0.6 is 0 Å². The lowest BCUT2D eigenvalue weighted by Gasteiger charge is -2.38. The maximum absolute atomic E-state index is 9.41. The number of fused-ring (bicyclic) bond motifs is 2. The smallest absolute Gasteiger partial charge is 0.0558 e. The molecule has 2 saturated heterocycles. The van der Waals surface area contributed by atoms with Gasteiger partial charge in [-0.1, -0.05) is 97.8 Å². The van der Waals surface area contributed by atoms with Crippen molar-refractivity contribution in [2.45, 2.75) is 101 Å². The quantitative estimate of drug-likeness (QED) is 0.158. The number of piperidine rings is 2. The largest absolute Gasteiger partial charge is 0.395 e. The zero-order chi connectivity index (χ0) is 34.7. The number of aliphatic hydroxyl groups excluding tert-OH is 1. The molecular formula is C46H60N4O. The Morgan fingerprint density at radius 2 is 1.06 bits per heavy atom. The van der Waals surface area contributed by atoms with E-state index in [0.29, 0.717) is 24.2 Å². The summed E-state index contributed by atoms with van der Waals surface area (Å²) in [7, 11) is 0. The Hall–Kier alpha value is -3.64. The highest BCUT2D eigenvalue weighted by Gasteiger charge is 2.30. The van der Waals surface area contributed by atoms with Crippen molar-refractivity contribution in [1.29, 1.82) is 0 Å². The minimum Gasteiger partial charge on any atom is -0.395 e. The summed E-state index contributed by atoms with van der Waals surface area (Å²) in [6.07, 6.45) is 15.0. The molecule has 0 amide bonds. The molecule has 0 radical (unpaired) electrons. The minimum atomic E-state index is 0.275. The van der Waals surface area contributed by atoms with Crippen molar-refractivity contribution in [3.05, 3.63) is 131 Å². The van der Waals surface area contributed by atoms with E-state index in [-0.39, 0.29) is 6.61 Å². The number of hydrogen-bond donors (Lipinski definition) is 2. The summed E-state index contributed by atoms with van der Waals surface area (Å²) in [5.41, 5.74) is 8.84. The molecule has 2 unspecified atom stereocenters. The zero-order valence-electron chi connectivity index (χ0n) is 30.7. The van der Waals surface area contributed by atoms with E-state index in [9.17, 15) is 5.11 Å². The normalized spacial score (nSPS) is 20.6. The fourth-order valence-corrected chi connectivity index (χ4v) is 9.36. The molecule has 4 aromatic carbocycles. The first-order valence-corrected chi connectivity index (χ1v) is 20.1. The summed E-state index contributed by atoms with van der Waals surface area (Å²) >= 11 is 0. The number of nitrogens with one attached hydrogen (secondary N) is 1. The van der Waals surface area contributed by atoms with Gasteiger partial charge in [-0.3, -0.25) is 4.90 Å². The van der Waals surface area contributed by atoms with Crippen LogP contribution in [0.4, 0.5) is 11.4 Å². The van der Waals surface area contributed by atoms with Crippen LogP contribution in [0.25, 0.3) is 0 Å². The Bertz CT molecular complexity index is 1550. The third-order valence-corrected chi connectivity index (χ3v) is 12.1. The standard InChI is InChI=1S/C24H32N2O.C22H28N2/c27-17-16-25-14-7-6-10-22(25)13-15-26(23-11-2-1-3-12-23)24-18-20-8-4-5-9-21(20)19-24;1-2-11-21(12-3-1)24(15-13-20-10-6-7-14-23-20)22-16-18-8-4-5-9-19(18)17-22/h1-5,8-9,11-12,22,24,27H,6-7,10,13-19H2;1-5,8-9,11-12,20,22-23H,6-7,10,13-17H2. The topological polar surface area (TPSA) is 42.0 Å². The van der Waals surface area contributed by atoms with Crippen LogP contribution in [0, 0.1) is 0 Å². The minimum absolute atomic E-state index is 0.275. The van der Waals surface area contributed by atoms with Gasteiger partial charge in [0.25, 0.3) is 0 Å². The average molecular weight is 685 g/mol. The van der Waals surface area contributed by atoms with Crippen LogP contribution < -0.4 is 15.1 Å². The second-order valence-corrected chi connectivity index (χ2v) is 15.4. The van der Waals surface area contributed by atoms with Crippen molar-refractivity contribution in [1.82, 2.24) is 10.2 Å². The summed E-state index contributed by atoms with van der Waals surface area (Å²) in [5, 5.41) is 13.1. The first-order chi connectivity index (χ1) is 25.2. The predicted molar refractivity (Wildman–Crippen MR) is 214 cm³/mol. The third-order valence-electron chi connectivity index (χ3n) is 12.1. The van der Waals surface area contributed by atoms with Crippen molar-refractivity contribution < 1.29 is 5.11 Å². The second-order valence-electron chi connectivity index (χ2n) is 15.4. The van der Waals surface area contributed by atoms with E-state index in [0.717, 1.165) is 39.0 Å². The number of aliphatic hydroxyl groups is 1. The van der Waals surface area contributed by atoms with Gasteiger partial charge < -0.3 is 20.2 Å². The number of β-amino-alcohol motifs (C(OH)–C–C–N with tert-alkyl or cyclic N) is 1. The molecule has 2 aliphatic heterocycles. The number of nitrogens with zero attached hydrogens (tertiary/aromatic N) is 3. The molecular weight excluding hydrogens is 625 g/mol. The third kappa shape index (κ3) is 9.43. The molecule has 0 aromatic heterocycles. The van der Waals surface area contributed by atoms with Gasteiger partial charge in [0.15, 0.2) is 0 Å². The molecule has 5 nitrogen and oxygen atoms in total. The molecule has 2 fully saturated rings. The lowest BCUT2D eigenvalue weighted by molar-refractivity contribution is 0.112. The van der Waals surface area contributed by atoms with Crippen LogP contribution in [0.2, 0.25) is 0 Å². The van der Waals surface area contributed by atoms with Gasteiger partial charge in [0, 0.05) is 55.2 Å². The molecule has 4 aliphatic rings. The predicted octanol–water partition coefficient (Wildman–Crippen LogP) is 8.09. The van der Waals surface area contributed by atoms with Crippen molar-refractivity contribution in [2.24, 2.45) is 0 Å². The van der Waals surface area contributed by atoms with Crippen LogP contribution in [-0.4, -0.2) is 73.5 Å². The number of anilines is 2. The molecule has 0 spiro atoms. The van der Waals surface area contributed by atoms with E-state index in [1.807, 2.05) is 0 Å². The first-order valence-electron chi connectivity index (χ1n) is 20.1. The molecule has 2 N–H and O–H groups in total. The maximum Gasteiger partial charge on any atom is 0.0558 e. The number of rotatable bonds is 12. The Kier molecular flexibility index (Phi) is 12.8. The number of likely N-dealkylation sites (tertiary alicyclic amines) is 1. The SMILES string of the molecule is OCCN1CCCCC1CCN(c1ccccc1)C1Cc2ccccc2C1.c1ccc(N(CCC2CCCCN2)C2Cc3ccccc3C2)cc1. The van der Waals surface area contributed by atoms with Gasteiger partial charge in [-0.25, -0.2) is 0 Å². The molecule has 270 valence electrons. The molecule has 0 saturated carbocycles. The highest BCUT2D eigenvalue weighted by atomic mass is 16.3. The summed E-state index contributed by atoms with van der Waals surface area (Å²) in [4.78, 5) is 7.82. The van der Waals surface area contributed by atoms with Gasteiger partial charge in [-0.15, -0.1) is 0 Å². The average Bonchev–Trinajstić information content (AvgIpc) is 3.82. The molecule has 2 atom stereocenters. The zero-order valence-corrected chi connectivity index (χ0v) is 30.7. The molecule has 2 aliphatic carbocycles. The Balaban J connectivity index is 0.000000160. The van der Waals surface area contributed by atoms with Crippen LogP contribution in [-0.2, 0) is 25.7 Å². The van der Waals surface area contributed by atoms with Gasteiger partial charge in [-0.2, -0.15) is 0 Å². The number of benzene rings is 4. The highest BCUT2D eigenvalue weighted by molar-refractivity contribution is 5.51. The lowest BCUT2D eigenvalue weighted by atomic mass is 9.98. The fourth-order valence-electron chi connectivity index (χ4n) is 9.36. The van der Waals surface area contributed by atoms with Gasteiger partial charge in [0.05, 0.1) is 6.61 Å². The Morgan fingerprint density at radius 1 is 0.569 bits per heavy atom. The molecule has 5 heteroatoms. The van der Waals surface area contributed by atoms with Gasteiger partial charge in [-0.05, 0) is 124 Å². The van der Waals surface area contributed by atoms with E-state index in [2.05, 4.69) is 129 Å². The highest BCUT2D eigenvalue weighted by Crippen LogP contribution is 2.31. The lowest BCUT2D eigenvalue weighted by Crippen LogP contribution is -2.45. The molecule has 51 heavy (non-hydrogen) atoms. The molecule has 8 rings (SSSR count). The van der Waals surface area contributed by atoms with E-state index < -0.39 is 0 Å². The van der Waals surface area contributed by atoms with Gasteiger partial charge >= 0.3 is 0 Å². The van der Waals surface area contributed by atoms with Crippen molar-refractivity contribution >= 4 is 11.4 Å². The monoisotopic (exact) mass is 684 g/mol. The van der Waals surface area contributed by atoms with Crippen molar-refractivity contribution in [2.75, 3.05) is 49.1 Å². The fraction of sp³-hybridized carbons (Fsp3) is 0.478. The first kappa shape index (κ1) is 35.7. The molecule has 0 bridgehead atoms. The summed E-state index contributed by atoms with van der Waals surface area (Å²) in [6, 6.07) is 42.3. The van der Waals surface area contributed by atoms with Crippen LogP contribution in [0.1, 0.15) is 73.6 Å².